The fourth-order valence-electron chi connectivity index (χ4n) is 1.94. The molecule has 2 aromatic rings. The molecule has 2 rings (SSSR count). The molecule has 0 saturated carbocycles. The number of ether oxygens (including phenoxy) is 1. The van der Waals surface area contributed by atoms with E-state index in [0.29, 0.717) is 0 Å². The van der Waals surface area contributed by atoms with Crippen LogP contribution in [0.25, 0.3) is 0 Å². The number of methoxy groups -OCH3 is 1. The van der Waals surface area contributed by atoms with Gasteiger partial charge < -0.3 is 10.1 Å². The van der Waals surface area contributed by atoms with Crippen molar-refractivity contribution < 1.29 is 4.74 Å². The smallest absolute Gasteiger partial charge is 0.125 e. The number of benzene rings is 1. The number of anilines is 1. The maximum atomic E-state index is 5.29. The van der Waals surface area contributed by atoms with Crippen molar-refractivity contribution in [2.45, 2.75) is 19.3 Å². The first-order chi connectivity index (χ1) is 9.51. The molecule has 20 heavy (non-hydrogen) atoms. The Morgan fingerprint density at radius 3 is 2.70 bits per heavy atom. The van der Waals surface area contributed by atoms with Gasteiger partial charge in [-0.15, -0.1) is 0 Å². The second kappa shape index (κ2) is 6.27. The topological polar surface area (TPSA) is 34.1 Å². The minimum Gasteiger partial charge on any atom is -0.497 e. The standard InChI is InChI=1S/C16H19BrN2O/c1-16(2,12-5-4-6-14(9-12)20-3)11-19-15-8-7-13(17)10-18-15/h4-10H,11H2,1-3H3,(H,18,19). The summed E-state index contributed by atoms with van der Waals surface area (Å²) in [5, 5.41) is 3.38. The number of pyridine rings is 1. The van der Waals surface area contributed by atoms with Crippen molar-refractivity contribution in [3.05, 3.63) is 52.6 Å². The van der Waals surface area contributed by atoms with Crippen molar-refractivity contribution in [1.82, 2.24) is 4.98 Å². The van der Waals surface area contributed by atoms with Gasteiger partial charge in [0, 0.05) is 22.6 Å². The van der Waals surface area contributed by atoms with Gasteiger partial charge >= 0.3 is 0 Å². The second-order valence-electron chi connectivity index (χ2n) is 5.33. The molecule has 0 aliphatic carbocycles. The zero-order valence-corrected chi connectivity index (χ0v) is 13.6. The van der Waals surface area contributed by atoms with Crippen LogP contribution in [0.2, 0.25) is 0 Å². The van der Waals surface area contributed by atoms with Gasteiger partial charge in [0.05, 0.1) is 7.11 Å². The van der Waals surface area contributed by atoms with Crippen LogP contribution in [0.5, 0.6) is 5.75 Å². The Morgan fingerprint density at radius 2 is 2.05 bits per heavy atom. The van der Waals surface area contributed by atoms with Crippen LogP contribution in [0, 0.1) is 0 Å². The third-order valence-corrected chi connectivity index (χ3v) is 3.76. The van der Waals surface area contributed by atoms with E-state index < -0.39 is 0 Å². The highest BCUT2D eigenvalue weighted by atomic mass is 79.9. The number of halogens is 1. The van der Waals surface area contributed by atoms with Crippen molar-refractivity contribution in [3.8, 4) is 5.75 Å². The van der Waals surface area contributed by atoms with Crippen molar-refractivity contribution in [2.75, 3.05) is 19.0 Å². The summed E-state index contributed by atoms with van der Waals surface area (Å²) >= 11 is 3.38. The molecule has 1 aromatic heterocycles. The van der Waals surface area contributed by atoms with Gasteiger partial charge in [0.25, 0.3) is 0 Å². The van der Waals surface area contributed by atoms with Gasteiger partial charge in [-0.1, -0.05) is 26.0 Å². The minimum atomic E-state index is -0.0106. The largest absolute Gasteiger partial charge is 0.497 e. The molecule has 4 heteroatoms. The summed E-state index contributed by atoms with van der Waals surface area (Å²) in [6.45, 7) is 5.20. The number of nitrogens with one attached hydrogen (secondary N) is 1. The monoisotopic (exact) mass is 334 g/mol. The number of nitrogens with zero attached hydrogens (tertiary/aromatic N) is 1. The first-order valence-electron chi connectivity index (χ1n) is 6.51. The second-order valence-corrected chi connectivity index (χ2v) is 6.25. The molecule has 0 atom stereocenters. The van der Waals surface area contributed by atoms with Crippen molar-refractivity contribution in [1.29, 1.82) is 0 Å². The number of rotatable bonds is 5. The normalized spacial score (nSPS) is 11.2. The molecular weight excluding hydrogens is 316 g/mol. The van der Waals surface area contributed by atoms with E-state index in [1.165, 1.54) is 5.56 Å². The summed E-state index contributed by atoms with van der Waals surface area (Å²) in [7, 11) is 1.69. The van der Waals surface area contributed by atoms with E-state index >= 15 is 0 Å². The Hall–Kier alpha value is -1.55. The van der Waals surface area contributed by atoms with E-state index in [-0.39, 0.29) is 5.41 Å². The summed E-state index contributed by atoms with van der Waals surface area (Å²) in [4.78, 5) is 4.33. The quantitative estimate of drug-likeness (QED) is 0.887. The Bertz CT molecular complexity index is 567. The third-order valence-electron chi connectivity index (χ3n) is 3.29. The number of aromatic nitrogens is 1. The molecule has 1 heterocycles. The highest BCUT2D eigenvalue weighted by Crippen LogP contribution is 2.26. The van der Waals surface area contributed by atoms with Crippen LogP contribution in [-0.4, -0.2) is 18.6 Å². The lowest BCUT2D eigenvalue weighted by Gasteiger charge is -2.26. The first-order valence-corrected chi connectivity index (χ1v) is 7.30. The summed E-state index contributed by atoms with van der Waals surface area (Å²) in [6.07, 6.45) is 1.79. The van der Waals surface area contributed by atoms with Gasteiger partial charge in [0.1, 0.15) is 11.6 Å². The van der Waals surface area contributed by atoms with Gasteiger partial charge in [-0.25, -0.2) is 4.98 Å². The van der Waals surface area contributed by atoms with Crippen LogP contribution in [0.4, 0.5) is 5.82 Å². The Labute approximate surface area is 128 Å². The molecule has 0 unspecified atom stereocenters. The maximum absolute atomic E-state index is 5.29. The Morgan fingerprint density at radius 1 is 1.25 bits per heavy atom. The van der Waals surface area contributed by atoms with E-state index in [4.69, 9.17) is 4.74 Å². The molecule has 0 aliphatic heterocycles. The molecule has 106 valence electrons. The molecule has 0 saturated heterocycles. The van der Waals surface area contributed by atoms with E-state index in [9.17, 15) is 0 Å². The lowest BCUT2D eigenvalue weighted by atomic mass is 9.84. The van der Waals surface area contributed by atoms with Crippen LogP contribution in [0.15, 0.2) is 47.1 Å². The lowest BCUT2D eigenvalue weighted by Crippen LogP contribution is -2.27. The fraction of sp³-hybridized carbons (Fsp3) is 0.312. The molecule has 0 bridgehead atoms. The van der Waals surface area contributed by atoms with Gasteiger partial charge in [-0.05, 0) is 45.8 Å². The molecule has 1 N–H and O–H groups in total. The van der Waals surface area contributed by atoms with Gasteiger partial charge in [-0.2, -0.15) is 0 Å². The molecular formula is C16H19BrN2O. The average molecular weight is 335 g/mol. The average Bonchev–Trinajstić information content (AvgIpc) is 2.47. The molecule has 1 aromatic carbocycles. The number of hydrogen-bond donors (Lipinski definition) is 1. The van der Waals surface area contributed by atoms with Gasteiger partial charge in [0.2, 0.25) is 0 Å². The molecule has 0 aliphatic rings. The minimum absolute atomic E-state index is 0.0106. The van der Waals surface area contributed by atoms with Crippen LogP contribution >= 0.6 is 15.9 Å². The highest BCUT2D eigenvalue weighted by molar-refractivity contribution is 9.10. The maximum Gasteiger partial charge on any atom is 0.125 e. The Kier molecular flexibility index (Phi) is 4.65. The summed E-state index contributed by atoms with van der Waals surface area (Å²) in [5.74, 6) is 1.77. The van der Waals surface area contributed by atoms with Crippen molar-refractivity contribution in [3.63, 3.8) is 0 Å². The fourth-order valence-corrected chi connectivity index (χ4v) is 2.17. The van der Waals surface area contributed by atoms with E-state index in [1.807, 2.05) is 24.3 Å². The summed E-state index contributed by atoms with van der Waals surface area (Å²) in [5.41, 5.74) is 1.23. The summed E-state index contributed by atoms with van der Waals surface area (Å²) < 4.78 is 6.27. The van der Waals surface area contributed by atoms with E-state index in [1.54, 1.807) is 13.3 Å². The highest BCUT2D eigenvalue weighted by Gasteiger charge is 2.21. The van der Waals surface area contributed by atoms with Gasteiger partial charge in [-0.3, -0.25) is 0 Å². The molecule has 0 radical (unpaired) electrons. The predicted octanol–water partition coefficient (Wildman–Crippen LogP) is 4.24. The SMILES string of the molecule is COc1cccc(C(C)(C)CNc2ccc(Br)cn2)c1. The van der Waals surface area contributed by atoms with Crippen LogP contribution in [0.3, 0.4) is 0 Å². The van der Waals surface area contributed by atoms with Crippen LogP contribution in [-0.2, 0) is 5.41 Å². The van der Waals surface area contributed by atoms with Crippen molar-refractivity contribution >= 4 is 21.7 Å². The third kappa shape index (κ3) is 3.73. The molecule has 0 spiro atoms. The lowest BCUT2D eigenvalue weighted by molar-refractivity contribution is 0.412. The van der Waals surface area contributed by atoms with E-state index in [0.717, 1.165) is 22.6 Å². The summed E-state index contributed by atoms with van der Waals surface area (Å²) in [6, 6.07) is 12.1. The van der Waals surface area contributed by atoms with Crippen LogP contribution in [0.1, 0.15) is 19.4 Å². The molecule has 0 fully saturated rings. The predicted molar refractivity (Wildman–Crippen MR) is 86.4 cm³/mol. The zero-order valence-electron chi connectivity index (χ0n) is 12.0. The van der Waals surface area contributed by atoms with Crippen molar-refractivity contribution in [2.24, 2.45) is 0 Å². The van der Waals surface area contributed by atoms with Crippen LogP contribution < -0.4 is 10.1 Å². The number of hydrogen-bond acceptors (Lipinski definition) is 3. The molecule has 0 amide bonds. The molecule has 3 nitrogen and oxygen atoms in total. The van der Waals surface area contributed by atoms with E-state index in [2.05, 4.69) is 52.2 Å². The Balaban J connectivity index is 2.08. The first kappa shape index (κ1) is 14.9. The zero-order chi connectivity index (χ0) is 14.6. The van der Waals surface area contributed by atoms with Gasteiger partial charge in [0.15, 0.2) is 0 Å².